The van der Waals surface area contributed by atoms with E-state index in [1.807, 2.05) is 6.92 Å². The number of nitrogens with one attached hydrogen (secondary N) is 1. The predicted octanol–water partition coefficient (Wildman–Crippen LogP) is -0.457. The van der Waals surface area contributed by atoms with Crippen LogP contribution in [0.2, 0.25) is 0 Å². The first-order valence-electron chi connectivity index (χ1n) is 13.4. The molecular weight excluding hydrogens is 641 g/mol. The van der Waals surface area contributed by atoms with Gasteiger partial charge < -0.3 is 30.0 Å². The highest BCUT2D eigenvalue weighted by molar-refractivity contribution is 7.84. The number of ether oxygens (including phenoxy) is 2. The smallest absolute Gasteiger partial charge is 0.468 e. The van der Waals surface area contributed by atoms with Crippen molar-refractivity contribution < 1.29 is 40.6 Å². The Hall–Kier alpha value is -4.18. The van der Waals surface area contributed by atoms with Crippen LogP contribution in [0.3, 0.4) is 0 Å². The Balaban J connectivity index is 1.20. The first-order valence-corrected chi connectivity index (χ1v) is 16.3. The van der Waals surface area contributed by atoms with E-state index in [0.717, 1.165) is 6.26 Å². The number of fused-ring (bicyclic) bond motifs is 2. The minimum atomic E-state index is -4.87. The van der Waals surface area contributed by atoms with Gasteiger partial charge in [0.05, 0.1) is 19.0 Å². The average Bonchev–Trinajstić information content (AvgIpc) is 3.73. The predicted molar refractivity (Wildman–Crippen MR) is 152 cm³/mol. The number of phosphoric ester groups is 1. The highest BCUT2D eigenvalue weighted by Crippen LogP contribution is 2.49. The second-order valence-corrected chi connectivity index (χ2v) is 12.7. The van der Waals surface area contributed by atoms with Crippen molar-refractivity contribution >= 4 is 52.2 Å². The van der Waals surface area contributed by atoms with Gasteiger partial charge in [0.25, 0.3) is 5.56 Å². The molecule has 8 N–H and O–H groups in total. The molecule has 6 rings (SSSR count). The summed E-state index contributed by atoms with van der Waals surface area (Å²) >= 11 is 0. The third kappa shape index (κ3) is 6.47. The van der Waals surface area contributed by atoms with Gasteiger partial charge in [0.2, 0.25) is 5.95 Å². The lowest BCUT2D eigenvalue weighted by Crippen LogP contribution is -2.28. The molecule has 0 radical (unpaired) electrons. The van der Waals surface area contributed by atoms with E-state index in [-0.39, 0.29) is 65.3 Å². The Morgan fingerprint density at radius 3 is 2.71 bits per heavy atom. The molecule has 0 aliphatic carbocycles. The highest BCUT2D eigenvalue weighted by atomic mass is 32.2. The van der Waals surface area contributed by atoms with Crippen molar-refractivity contribution in [2.45, 2.75) is 63.4 Å². The van der Waals surface area contributed by atoms with Crippen molar-refractivity contribution in [1.29, 1.82) is 0 Å². The van der Waals surface area contributed by atoms with Gasteiger partial charge >= 0.3 is 18.1 Å². The summed E-state index contributed by atoms with van der Waals surface area (Å²) in [5.41, 5.74) is 11.8. The van der Waals surface area contributed by atoms with Crippen molar-refractivity contribution in [3.05, 3.63) is 41.4 Å². The Morgan fingerprint density at radius 2 is 1.96 bits per heavy atom. The van der Waals surface area contributed by atoms with Crippen LogP contribution in [0.15, 0.2) is 35.8 Å². The van der Waals surface area contributed by atoms with Crippen LogP contribution in [-0.4, -0.2) is 76.8 Å². The SMILES string of the molecule is CCC1C[C@@H](OP(=O)(O)O/C=C2/O[C@@H](n3cnc4c(N)ncnc43)C[C@@H]2OS(N)(=O)=O)[C@H](Cn2cnc3c(=O)[nH]c(N)nc32)O1. The minimum Gasteiger partial charge on any atom is -0.468 e. The molecule has 4 aromatic heterocycles. The van der Waals surface area contributed by atoms with Crippen LogP contribution in [-0.2, 0) is 44.1 Å². The standard InChI is InChI=1S/C22H28N11O10PS/c1-2-10-3-11(13(40-10)5-32-8-28-17-20(32)30-22(24)31-21(17)34)42-44(35,36)39-6-14-12(43-45(25,37)38)4-15(41-14)33-9-29-16-18(23)26-7-27-19(16)33/h6-13,15H,2-5H2,1H3,(H,35,36)(H2,23,26,27)(H2,25,37,38)(H3,24,30,31,34)/b14-6+/t10?,11-,12+,13+,15-/m1/s1. The molecule has 2 saturated heterocycles. The van der Waals surface area contributed by atoms with E-state index in [4.69, 9.17) is 39.3 Å². The molecule has 2 unspecified atom stereocenters. The van der Waals surface area contributed by atoms with E-state index < -0.39 is 48.2 Å². The van der Waals surface area contributed by atoms with Gasteiger partial charge in [-0.1, -0.05) is 6.92 Å². The van der Waals surface area contributed by atoms with Crippen molar-refractivity contribution in [3.8, 4) is 0 Å². The number of nitrogens with two attached hydrogens (primary N) is 3. The number of nitrogen functional groups attached to an aromatic ring is 2. The number of H-pyrrole nitrogens is 1. The van der Waals surface area contributed by atoms with E-state index in [2.05, 4.69) is 29.9 Å². The Labute approximate surface area is 253 Å². The van der Waals surface area contributed by atoms with Crippen LogP contribution in [0.1, 0.15) is 32.4 Å². The number of hydrogen-bond acceptors (Lipinski definition) is 16. The van der Waals surface area contributed by atoms with Crippen molar-refractivity contribution in [1.82, 2.24) is 39.0 Å². The zero-order valence-corrected chi connectivity index (χ0v) is 25.1. The van der Waals surface area contributed by atoms with Crippen LogP contribution in [0.5, 0.6) is 0 Å². The lowest BCUT2D eigenvalue weighted by molar-refractivity contribution is -0.00111. The van der Waals surface area contributed by atoms with Crippen LogP contribution < -0.4 is 22.2 Å². The van der Waals surface area contributed by atoms with E-state index in [1.54, 1.807) is 0 Å². The van der Waals surface area contributed by atoms with Crippen LogP contribution in [0, 0.1) is 0 Å². The maximum Gasteiger partial charge on any atom is 0.527 e. The summed E-state index contributed by atoms with van der Waals surface area (Å²) in [5.74, 6) is -0.275. The molecule has 45 heavy (non-hydrogen) atoms. The number of imidazole rings is 2. The maximum atomic E-state index is 13.1. The van der Waals surface area contributed by atoms with Gasteiger partial charge in [-0.2, -0.15) is 13.4 Å². The number of anilines is 2. The van der Waals surface area contributed by atoms with Crippen molar-refractivity contribution in [3.63, 3.8) is 0 Å². The van der Waals surface area contributed by atoms with E-state index in [0.29, 0.717) is 6.42 Å². The summed E-state index contributed by atoms with van der Waals surface area (Å²) < 4.78 is 67.0. The lowest BCUT2D eigenvalue weighted by atomic mass is 10.1. The largest absolute Gasteiger partial charge is 0.527 e. The zero-order valence-electron chi connectivity index (χ0n) is 23.4. The fraction of sp³-hybridized carbons (Fsp3) is 0.455. The summed E-state index contributed by atoms with van der Waals surface area (Å²) in [4.78, 5) is 45.5. The van der Waals surface area contributed by atoms with Gasteiger partial charge in [-0.3, -0.25) is 23.8 Å². The molecule has 0 aromatic carbocycles. The van der Waals surface area contributed by atoms with E-state index in [1.165, 1.54) is 28.1 Å². The van der Waals surface area contributed by atoms with E-state index in [9.17, 15) is 22.7 Å². The molecule has 6 atom stereocenters. The minimum absolute atomic E-state index is 0.0522. The molecular formula is C22H28N11O10PS. The molecule has 0 saturated carbocycles. The molecule has 6 heterocycles. The van der Waals surface area contributed by atoms with Gasteiger partial charge in [-0.25, -0.2) is 33.8 Å². The van der Waals surface area contributed by atoms with Gasteiger partial charge in [0, 0.05) is 12.8 Å². The second kappa shape index (κ2) is 11.6. The summed E-state index contributed by atoms with van der Waals surface area (Å²) in [6.45, 7) is 1.93. The molecule has 0 bridgehead atoms. The number of aromatic amines is 1. The number of hydrogen-bond donors (Lipinski definition) is 5. The quantitative estimate of drug-likeness (QED) is 0.105. The normalized spacial score (nSPS) is 26.0. The highest BCUT2D eigenvalue weighted by Gasteiger charge is 2.42. The number of nitrogens with zero attached hydrogens (tertiary/aromatic N) is 7. The van der Waals surface area contributed by atoms with Crippen LogP contribution in [0.25, 0.3) is 22.3 Å². The third-order valence-corrected chi connectivity index (χ3v) is 8.54. The van der Waals surface area contributed by atoms with Crippen LogP contribution >= 0.6 is 7.82 Å². The van der Waals surface area contributed by atoms with Gasteiger partial charge in [0.15, 0.2) is 34.6 Å². The monoisotopic (exact) mass is 669 g/mol. The molecule has 2 fully saturated rings. The number of aromatic nitrogens is 8. The fourth-order valence-electron chi connectivity index (χ4n) is 5.13. The number of phosphoric acid groups is 1. The lowest BCUT2D eigenvalue weighted by Gasteiger charge is -2.21. The first-order chi connectivity index (χ1) is 21.3. The second-order valence-electron chi connectivity index (χ2n) is 10.2. The van der Waals surface area contributed by atoms with Crippen molar-refractivity contribution in [2.24, 2.45) is 5.14 Å². The molecule has 23 heteroatoms. The molecule has 21 nitrogen and oxygen atoms in total. The average molecular weight is 670 g/mol. The molecule has 2 aliphatic rings. The molecule has 0 spiro atoms. The fourth-order valence-corrected chi connectivity index (χ4v) is 6.48. The zero-order chi connectivity index (χ0) is 32.1. The third-order valence-electron chi connectivity index (χ3n) is 7.13. The van der Waals surface area contributed by atoms with Crippen LogP contribution in [0.4, 0.5) is 11.8 Å². The molecule has 0 amide bonds. The van der Waals surface area contributed by atoms with Gasteiger partial charge in [-0.15, -0.1) is 0 Å². The molecule has 4 aromatic rings. The Bertz CT molecular complexity index is 2000. The summed E-state index contributed by atoms with van der Waals surface area (Å²) in [6, 6.07) is 0. The van der Waals surface area contributed by atoms with Gasteiger partial charge in [0.1, 0.15) is 42.7 Å². The van der Waals surface area contributed by atoms with Crippen molar-refractivity contribution in [2.75, 3.05) is 11.5 Å². The maximum absolute atomic E-state index is 13.1. The summed E-state index contributed by atoms with van der Waals surface area (Å²) in [7, 11) is -9.35. The first kappa shape index (κ1) is 30.8. The van der Waals surface area contributed by atoms with Gasteiger partial charge in [-0.05, 0) is 6.42 Å². The topological polar surface area (TPSA) is 303 Å². The Morgan fingerprint density at radius 1 is 1.18 bits per heavy atom. The summed E-state index contributed by atoms with van der Waals surface area (Å²) in [5, 5.41) is 5.08. The Kier molecular flexibility index (Phi) is 7.97. The molecule has 242 valence electrons. The molecule has 2 aliphatic heterocycles. The number of rotatable bonds is 10. The summed E-state index contributed by atoms with van der Waals surface area (Å²) in [6.07, 6.45) is 1.03. The van der Waals surface area contributed by atoms with E-state index >= 15 is 0 Å².